The van der Waals surface area contributed by atoms with E-state index in [1.165, 1.54) is 0 Å². The second-order valence-corrected chi connectivity index (χ2v) is 12.1. The van der Waals surface area contributed by atoms with Crippen LogP contribution in [-0.4, -0.2) is 57.1 Å². The minimum atomic E-state index is -3.94. The Balaban J connectivity index is 1.45. The maximum Gasteiger partial charge on any atom is 0.226 e. The van der Waals surface area contributed by atoms with Crippen molar-refractivity contribution in [1.29, 1.82) is 5.26 Å². The molecule has 2 N–H and O–H groups in total. The number of likely N-dealkylation sites (tertiary alicyclic amines) is 1. The highest BCUT2D eigenvalue weighted by atomic mass is 32.2. The van der Waals surface area contributed by atoms with Crippen molar-refractivity contribution in [2.45, 2.75) is 67.1 Å². The van der Waals surface area contributed by atoms with E-state index in [2.05, 4.69) is 25.5 Å². The van der Waals surface area contributed by atoms with Crippen LogP contribution in [0.25, 0.3) is 22.1 Å². The first-order valence-corrected chi connectivity index (χ1v) is 14.4. The molecule has 4 heterocycles. The molecule has 1 aromatic carbocycles. The number of pyridine rings is 1. The quantitative estimate of drug-likeness (QED) is 0.407. The first kappa shape index (κ1) is 24.1. The number of imidazole rings is 1. The number of nitrogens with zero attached hydrogens (tertiary/aromatic N) is 5. The van der Waals surface area contributed by atoms with Gasteiger partial charge in [0.25, 0.3) is 0 Å². The van der Waals surface area contributed by atoms with Crippen LogP contribution in [0.3, 0.4) is 0 Å². The van der Waals surface area contributed by atoms with E-state index in [1.54, 1.807) is 43.5 Å². The molecule has 0 radical (unpaired) electrons. The molecule has 0 amide bonds. The summed E-state index contributed by atoms with van der Waals surface area (Å²) in [6, 6.07) is 13.1. The van der Waals surface area contributed by atoms with Crippen LogP contribution in [0.2, 0.25) is 0 Å². The van der Waals surface area contributed by atoms with Gasteiger partial charge in [0.2, 0.25) is 9.84 Å². The van der Waals surface area contributed by atoms with Crippen LogP contribution < -0.4 is 0 Å². The van der Waals surface area contributed by atoms with Crippen LogP contribution in [0.4, 0.5) is 0 Å². The lowest BCUT2D eigenvalue weighted by atomic mass is 9.89. The zero-order valence-corrected chi connectivity index (χ0v) is 21.5. The number of benzene rings is 1. The molecule has 10 heteroatoms. The summed E-state index contributed by atoms with van der Waals surface area (Å²) < 4.78 is 29.5. The van der Waals surface area contributed by atoms with Gasteiger partial charge in [-0.2, -0.15) is 5.26 Å². The van der Waals surface area contributed by atoms with Gasteiger partial charge in [-0.1, -0.05) is 18.2 Å². The van der Waals surface area contributed by atoms with Gasteiger partial charge in [0, 0.05) is 30.2 Å². The second-order valence-electron chi connectivity index (χ2n) is 10.3. The lowest BCUT2D eigenvalue weighted by Crippen LogP contribution is -2.37. The molecule has 0 spiro atoms. The molecule has 192 valence electrons. The number of fused-ring (bicyclic) bond motifs is 3. The molecule has 1 saturated heterocycles. The van der Waals surface area contributed by atoms with Gasteiger partial charge in [0.15, 0.2) is 5.03 Å². The number of aliphatic hydroxyl groups is 1. The van der Waals surface area contributed by atoms with Gasteiger partial charge in [-0.05, 0) is 63.8 Å². The number of aromatic nitrogens is 4. The minimum absolute atomic E-state index is 0.0768. The molecule has 2 aliphatic rings. The Morgan fingerprint density at radius 1 is 1.08 bits per heavy atom. The molecule has 1 aliphatic heterocycles. The van der Waals surface area contributed by atoms with Gasteiger partial charge in [0.05, 0.1) is 22.4 Å². The van der Waals surface area contributed by atoms with Gasteiger partial charge in [-0.15, -0.1) is 0 Å². The molecule has 6 rings (SSSR count). The summed E-state index contributed by atoms with van der Waals surface area (Å²) in [5, 5.41) is 20.7. The number of sulfone groups is 1. The third-order valence-electron chi connectivity index (χ3n) is 7.97. The number of hydrogen-bond donors (Lipinski definition) is 2. The highest BCUT2D eigenvalue weighted by molar-refractivity contribution is 7.91. The van der Waals surface area contributed by atoms with E-state index in [0.29, 0.717) is 28.5 Å². The number of rotatable bonds is 5. The second kappa shape index (κ2) is 9.24. The van der Waals surface area contributed by atoms with Crippen molar-refractivity contribution in [2.24, 2.45) is 5.92 Å². The Bertz CT molecular complexity index is 1590. The zero-order valence-electron chi connectivity index (χ0n) is 20.7. The van der Waals surface area contributed by atoms with E-state index < -0.39 is 15.9 Å². The molecular formula is C27H30N6O3S. The molecule has 2 fully saturated rings. The van der Waals surface area contributed by atoms with E-state index in [-0.39, 0.29) is 21.9 Å². The predicted octanol–water partition coefficient (Wildman–Crippen LogP) is 4.13. The van der Waals surface area contributed by atoms with Crippen LogP contribution in [0.1, 0.15) is 57.0 Å². The summed E-state index contributed by atoms with van der Waals surface area (Å²) in [6.07, 6.45) is 5.56. The molecule has 1 aliphatic carbocycles. The molecular weight excluding hydrogens is 488 g/mol. The average molecular weight is 519 g/mol. The first-order chi connectivity index (χ1) is 17.9. The Labute approximate surface area is 215 Å². The largest absolute Gasteiger partial charge is 0.385 e. The van der Waals surface area contributed by atoms with Gasteiger partial charge in [0.1, 0.15) is 23.1 Å². The van der Waals surface area contributed by atoms with E-state index in [4.69, 9.17) is 4.98 Å². The maximum atomic E-state index is 13.7. The van der Waals surface area contributed by atoms with Crippen LogP contribution in [0.5, 0.6) is 0 Å². The standard InChI is InChI=1S/C27H30N6O3S/c1-17(34)26-30-23-24(33(26)20-9-7-19(8-10-20)32-14-12-18(15-28)16-32)22-11-13-29-25(22)31-27(23)37(35,36)21-5-3-2-4-6-21/h2-6,11,13,17-20,34H,7-10,12,14,16H2,1H3,(H,29,31)/t17-,18?,19?,20?/m1/s1. The van der Waals surface area contributed by atoms with Crippen LogP contribution >= 0.6 is 0 Å². The summed E-state index contributed by atoms with van der Waals surface area (Å²) in [7, 11) is -3.94. The van der Waals surface area contributed by atoms with Crippen molar-refractivity contribution in [3.63, 3.8) is 0 Å². The zero-order chi connectivity index (χ0) is 25.7. The molecule has 37 heavy (non-hydrogen) atoms. The van der Waals surface area contributed by atoms with Crippen molar-refractivity contribution in [3.05, 3.63) is 48.4 Å². The highest BCUT2D eigenvalue weighted by Crippen LogP contribution is 2.40. The lowest BCUT2D eigenvalue weighted by Gasteiger charge is -2.36. The molecule has 4 aromatic rings. The number of aromatic amines is 1. The maximum absolute atomic E-state index is 13.7. The summed E-state index contributed by atoms with van der Waals surface area (Å²) in [6.45, 7) is 3.48. The highest BCUT2D eigenvalue weighted by Gasteiger charge is 2.35. The third-order valence-corrected chi connectivity index (χ3v) is 9.65. The number of hydrogen-bond acceptors (Lipinski definition) is 7. The molecule has 3 aromatic heterocycles. The van der Waals surface area contributed by atoms with Crippen LogP contribution in [0, 0.1) is 17.2 Å². The van der Waals surface area contributed by atoms with Crippen LogP contribution in [0.15, 0.2) is 52.5 Å². The number of nitrogens with one attached hydrogen (secondary N) is 1. The molecule has 0 bridgehead atoms. The summed E-state index contributed by atoms with van der Waals surface area (Å²) in [4.78, 5) is 14.9. The first-order valence-electron chi connectivity index (χ1n) is 12.9. The van der Waals surface area contributed by atoms with E-state index in [0.717, 1.165) is 50.6 Å². The van der Waals surface area contributed by atoms with E-state index >= 15 is 0 Å². The summed E-state index contributed by atoms with van der Waals surface area (Å²) in [5.74, 6) is 0.584. The fourth-order valence-corrected chi connectivity index (χ4v) is 7.47. The SMILES string of the molecule is C[C@@H](O)c1nc2c(S(=O)(=O)c3ccccc3)nc3[nH]ccc3c2n1C1CCC(N2CCC(C#N)C2)CC1. The number of aliphatic hydroxyl groups excluding tert-OH is 1. The Morgan fingerprint density at radius 3 is 2.49 bits per heavy atom. The fraction of sp³-hybridized carbons (Fsp3) is 0.444. The smallest absolute Gasteiger partial charge is 0.226 e. The predicted molar refractivity (Wildman–Crippen MR) is 138 cm³/mol. The van der Waals surface area contributed by atoms with Crippen molar-refractivity contribution < 1.29 is 13.5 Å². The van der Waals surface area contributed by atoms with Gasteiger partial charge in [-0.3, -0.25) is 4.90 Å². The summed E-state index contributed by atoms with van der Waals surface area (Å²) >= 11 is 0. The van der Waals surface area contributed by atoms with Gasteiger partial charge >= 0.3 is 0 Å². The monoisotopic (exact) mass is 518 g/mol. The normalized spacial score (nSPS) is 24.0. The molecule has 9 nitrogen and oxygen atoms in total. The number of H-pyrrole nitrogens is 1. The van der Waals surface area contributed by atoms with Crippen LogP contribution in [-0.2, 0) is 9.84 Å². The molecule has 2 atom stereocenters. The fourth-order valence-electron chi connectivity index (χ4n) is 6.12. The van der Waals surface area contributed by atoms with Crippen molar-refractivity contribution in [1.82, 2.24) is 24.4 Å². The third kappa shape index (κ3) is 4.02. The average Bonchev–Trinajstić information content (AvgIpc) is 3.66. The minimum Gasteiger partial charge on any atom is -0.385 e. The lowest BCUT2D eigenvalue weighted by molar-refractivity contribution is 0.151. The van der Waals surface area contributed by atoms with Gasteiger partial charge < -0.3 is 14.7 Å². The van der Waals surface area contributed by atoms with E-state index in [1.807, 2.05) is 6.07 Å². The Hall–Kier alpha value is -3.26. The Morgan fingerprint density at radius 2 is 1.81 bits per heavy atom. The molecule has 1 saturated carbocycles. The Kier molecular flexibility index (Phi) is 6.02. The van der Waals surface area contributed by atoms with Crippen molar-refractivity contribution in [3.8, 4) is 6.07 Å². The van der Waals surface area contributed by atoms with Crippen molar-refractivity contribution >= 4 is 31.9 Å². The van der Waals surface area contributed by atoms with Gasteiger partial charge in [-0.25, -0.2) is 18.4 Å². The topological polar surface area (TPSA) is 128 Å². The van der Waals surface area contributed by atoms with Crippen molar-refractivity contribution in [2.75, 3.05) is 13.1 Å². The summed E-state index contributed by atoms with van der Waals surface area (Å²) in [5.41, 5.74) is 1.48. The molecule has 1 unspecified atom stereocenters. The van der Waals surface area contributed by atoms with E-state index in [9.17, 15) is 18.8 Å². The number of nitriles is 1.